The van der Waals surface area contributed by atoms with E-state index in [2.05, 4.69) is 34.6 Å². The number of halogens is 3. The molecule has 0 aromatic heterocycles. The van der Waals surface area contributed by atoms with Crippen molar-refractivity contribution in [3.63, 3.8) is 0 Å². The van der Waals surface area contributed by atoms with Crippen LogP contribution in [0.3, 0.4) is 0 Å². The lowest BCUT2D eigenvalue weighted by Crippen LogP contribution is -2.59. The highest BCUT2D eigenvalue weighted by Gasteiger charge is 2.64. The van der Waals surface area contributed by atoms with Crippen molar-refractivity contribution in [3.8, 4) is 0 Å². The third-order valence-corrected chi connectivity index (χ3v) is 11.5. The molecule has 0 spiro atoms. The second-order valence-corrected chi connectivity index (χ2v) is 14.0. The fourth-order valence-corrected chi connectivity index (χ4v) is 9.08. The number of hydrogen-bond acceptors (Lipinski definition) is 2. The number of hydrogen-bond donors (Lipinski definition) is 2. The Bertz CT molecular complexity index is 715. The fraction of sp³-hybridized carbons (Fsp3) is 1.00. The van der Waals surface area contributed by atoms with Gasteiger partial charge in [-0.2, -0.15) is 13.2 Å². The quantitative estimate of drug-likeness (QED) is 0.444. The molecule has 0 saturated heterocycles. The number of aliphatic hydroxyl groups is 2. The minimum absolute atomic E-state index is 0.0143. The first-order valence-corrected chi connectivity index (χ1v) is 13.6. The first kappa shape index (κ1) is 25.8. The van der Waals surface area contributed by atoms with Crippen LogP contribution in [0.25, 0.3) is 0 Å². The molecule has 33 heavy (non-hydrogen) atoms. The summed E-state index contributed by atoms with van der Waals surface area (Å²) in [6.07, 6.45) is 5.37. The van der Waals surface area contributed by atoms with Crippen molar-refractivity contribution in [2.45, 2.75) is 130 Å². The van der Waals surface area contributed by atoms with Gasteiger partial charge in [-0.3, -0.25) is 0 Å². The second-order valence-electron chi connectivity index (χ2n) is 14.0. The molecule has 192 valence electrons. The summed E-state index contributed by atoms with van der Waals surface area (Å²) in [5.41, 5.74) is -2.26. The molecular formula is C28H47F3O2. The zero-order chi connectivity index (χ0) is 24.4. The molecule has 0 aromatic rings. The normalized spacial score (nSPS) is 46.9. The molecule has 0 radical (unpaired) electrons. The molecule has 2 N–H and O–H groups in total. The largest absolute Gasteiger partial charge is 0.417 e. The van der Waals surface area contributed by atoms with Crippen LogP contribution in [0.4, 0.5) is 13.2 Å². The Morgan fingerprint density at radius 3 is 2.18 bits per heavy atom. The summed E-state index contributed by atoms with van der Waals surface area (Å²) in [5.74, 6) is 2.53. The van der Waals surface area contributed by atoms with Gasteiger partial charge in [0.05, 0.1) is 6.10 Å². The summed E-state index contributed by atoms with van der Waals surface area (Å²) in [6.45, 7) is 11.1. The van der Waals surface area contributed by atoms with E-state index in [1.54, 1.807) is 0 Å². The van der Waals surface area contributed by atoms with Crippen molar-refractivity contribution in [2.24, 2.45) is 45.8 Å². The van der Waals surface area contributed by atoms with Gasteiger partial charge in [0.1, 0.15) is 0 Å². The predicted octanol–water partition coefficient (Wildman–Crippen LogP) is 7.52. The number of aliphatic hydroxyl groups excluding tert-OH is 1. The third-order valence-electron chi connectivity index (χ3n) is 11.5. The van der Waals surface area contributed by atoms with Gasteiger partial charge in [-0.15, -0.1) is 0 Å². The van der Waals surface area contributed by atoms with E-state index >= 15 is 0 Å². The SMILES string of the molecule is CC(C)(C)[C@H](O)CCC[C@@H]1CC[C@H]2[C@@H]3CC[C@@H]4C[C@](O)(C(F)(F)F)CC[C@]4(C)[C@H]3CC[C@]12C. The van der Waals surface area contributed by atoms with Crippen molar-refractivity contribution >= 4 is 0 Å². The van der Waals surface area contributed by atoms with Crippen molar-refractivity contribution in [3.05, 3.63) is 0 Å². The first-order chi connectivity index (χ1) is 15.1. The number of alkyl halides is 3. The van der Waals surface area contributed by atoms with Gasteiger partial charge in [-0.1, -0.05) is 41.0 Å². The molecule has 5 heteroatoms. The Morgan fingerprint density at radius 2 is 1.55 bits per heavy atom. The van der Waals surface area contributed by atoms with Gasteiger partial charge in [0, 0.05) is 0 Å². The summed E-state index contributed by atoms with van der Waals surface area (Å²) < 4.78 is 40.7. The van der Waals surface area contributed by atoms with E-state index in [4.69, 9.17) is 0 Å². The fourth-order valence-electron chi connectivity index (χ4n) is 9.08. The molecule has 0 bridgehead atoms. The first-order valence-electron chi connectivity index (χ1n) is 13.6. The minimum atomic E-state index is -4.52. The van der Waals surface area contributed by atoms with Gasteiger partial charge in [-0.25, -0.2) is 0 Å². The van der Waals surface area contributed by atoms with E-state index in [0.29, 0.717) is 35.5 Å². The molecule has 0 heterocycles. The van der Waals surface area contributed by atoms with Gasteiger partial charge < -0.3 is 10.2 Å². The second kappa shape index (κ2) is 8.39. The van der Waals surface area contributed by atoms with Crippen molar-refractivity contribution in [1.29, 1.82) is 0 Å². The van der Waals surface area contributed by atoms with Gasteiger partial charge in [0.2, 0.25) is 0 Å². The van der Waals surface area contributed by atoms with Crippen LogP contribution >= 0.6 is 0 Å². The Hall–Kier alpha value is -0.290. The average Bonchev–Trinajstić information content (AvgIpc) is 3.03. The van der Waals surface area contributed by atoms with Crippen molar-refractivity contribution in [1.82, 2.24) is 0 Å². The highest BCUT2D eigenvalue weighted by molar-refractivity contribution is 5.11. The molecule has 0 aromatic carbocycles. The molecule has 0 aliphatic heterocycles. The highest BCUT2D eigenvalue weighted by Crippen LogP contribution is 2.69. The molecule has 2 nitrogen and oxygen atoms in total. The van der Waals surface area contributed by atoms with Crippen LogP contribution in [-0.4, -0.2) is 28.1 Å². The standard InChI is InChI=1S/C28H47F3O2/c1-24(2,3)23(32)8-6-7-18-10-12-21-20-11-9-19-17-27(33,28(29,30)31)16-15-26(19,5)22(20)13-14-25(18,21)4/h18-23,32-33H,6-17H2,1-5H3/t18-,19-,20+,21+,22+,23-,25-,26+,27+/m1/s1. The van der Waals surface area contributed by atoms with Gasteiger partial charge in [-0.05, 0) is 116 Å². The monoisotopic (exact) mass is 472 g/mol. The summed E-state index contributed by atoms with van der Waals surface area (Å²) >= 11 is 0. The molecular weight excluding hydrogens is 425 g/mol. The summed E-state index contributed by atoms with van der Waals surface area (Å²) in [6, 6.07) is 0. The van der Waals surface area contributed by atoms with Gasteiger partial charge >= 0.3 is 6.18 Å². The summed E-state index contributed by atoms with van der Waals surface area (Å²) in [5, 5.41) is 20.9. The maximum atomic E-state index is 13.6. The lowest BCUT2D eigenvalue weighted by Gasteiger charge is -2.62. The van der Waals surface area contributed by atoms with Crippen LogP contribution in [0.2, 0.25) is 0 Å². The van der Waals surface area contributed by atoms with Crippen LogP contribution < -0.4 is 0 Å². The maximum absolute atomic E-state index is 13.6. The molecule has 9 atom stereocenters. The van der Waals surface area contributed by atoms with E-state index in [0.717, 1.165) is 32.1 Å². The van der Waals surface area contributed by atoms with Crippen LogP contribution in [0, 0.1) is 45.8 Å². The van der Waals surface area contributed by atoms with Crippen molar-refractivity contribution < 1.29 is 23.4 Å². The third kappa shape index (κ3) is 4.30. The number of fused-ring (bicyclic) bond motifs is 5. The van der Waals surface area contributed by atoms with E-state index in [-0.39, 0.29) is 35.7 Å². The topological polar surface area (TPSA) is 40.5 Å². The lowest BCUT2D eigenvalue weighted by molar-refractivity contribution is -0.290. The molecule has 0 unspecified atom stereocenters. The van der Waals surface area contributed by atoms with E-state index < -0.39 is 11.8 Å². The molecule has 4 aliphatic rings. The van der Waals surface area contributed by atoms with Crippen LogP contribution in [0.1, 0.15) is 112 Å². The summed E-state index contributed by atoms with van der Waals surface area (Å²) in [7, 11) is 0. The van der Waals surface area contributed by atoms with Crippen LogP contribution in [0.15, 0.2) is 0 Å². The van der Waals surface area contributed by atoms with E-state index in [9.17, 15) is 23.4 Å². The molecule has 4 fully saturated rings. The Morgan fingerprint density at radius 1 is 0.879 bits per heavy atom. The lowest BCUT2D eigenvalue weighted by atomic mass is 9.43. The highest BCUT2D eigenvalue weighted by atomic mass is 19.4. The maximum Gasteiger partial charge on any atom is 0.417 e. The zero-order valence-corrected chi connectivity index (χ0v) is 21.5. The Kier molecular flexibility index (Phi) is 6.56. The Labute approximate surface area is 199 Å². The average molecular weight is 473 g/mol. The molecule has 4 aliphatic carbocycles. The molecule has 4 saturated carbocycles. The van der Waals surface area contributed by atoms with E-state index in [1.165, 1.54) is 25.7 Å². The molecule has 4 rings (SSSR count). The van der Waals surface area contributed by atoms with Crippen molar-refractivity contribution in [2.75, 3.05) is 0 Å². The minimum Gasteiger partial charge on any atom is -0.393 e. The summed E-state index contributed by atoms with van der Waals surface area (Å²) in [4.78, 5) is 0. The van der Waals surface area contributed by atoms with Gasteiger partial charge in [0.25, 0.3) is 0 Å². The van der Waals surface area contributed by atoms with E-state index in [1.807, 2.05) is 0 Å². The smallest absolute Gasteiger partial charge is 0.393 e. The van der Waals surface area contributed by atoms with Crippen LogP contribution in [-0.2, 0) is 0 Å². The Balaban J connectivity index is 1.43. The number of rotatable bonds is 4. The predicted molar refractivity (Wildman–Crippen MR) is 126 cm³/mol. The molecule has 0 amide bonds. The van der Waals surface area contributed by atoms with Crippen LogP contribution in [0.5, 0.6) is 0 Å². The van der Waals surface area contributed by atoms with Gasteiger partial charge in [0.15, 0.2) is 5.60 Å². The zero-order valence-electron chi connectivity index (χ0n) is 21.5.